The van der Waals surface area contributed by atoms with Crippen LogP contribution in [0.2, 0.25) is 0 Å². The van der Waals surface area contributed by atoms with E-state index in [0.717, 1.165) is 0 Å². The Morgan fingerprint density at radius 1 is 1.09 bits per heavy atom. The van der Waals surface area contributed by atoms with Gasteiger partial charge in [0, 0.05) is 5.38 Å². The van der Waals surface area contributed by atoms with E-state index in [1.54, 1.807) is 6.20 Å². The first kappa shape index (κ1) is 13.1. The Kier molecular flexibility index (Phi) is 19.4. The smallest absolute Gasteiger partial charge is 0.430 e. The summed E-state index contributed by atoms with van der Waals surface area (Å²) in [6.45, 7) is 0. The molecule has 0 atom stereocenters. The first-order valence-electron chi connectivity index (χ1n) is 2.47. The Balaban J connectivity index is 0. The van der Waals surface area contributed by atoms with E-state index in [1.807, 2.05) is 5.38 Å². The fourth-order valence-corrected chi connectivity index (χ4v) is 0.408. The van der Waals surface area contributed by atoms with E-state index < -0.39 is 15.4 Å². The fraction of sp³-hybridized carbons (Fsp3) is 0. The van der Waals surface area contributed by atoms with Crippen LogP contribution in [0, 0.1) is 0 Å². The molecule has 6 nitrogen and oxygen atoms in total. The molecule has 0 unspecified atom stereocenters. The first-order chi connectivity index (χ1) is 5.33. The predicted molar refractivity (Wildman–Crippen MR) is 43.1 cm³/mol. The fourth-order valence-electron chi connectivity index (χ4n) is 0.136. The van der Waals surface area contributed by atoms with Gasteiger partial charge in [0.25, 0.3) is 0 Å². The highest BCUT2D eigenvalue weighted by Crippen LogP contribution is 1.78. The van der Waals surface area contributed by atoms with Crippen molar-refractivity contribution in [2.75, 3.05) is 0 Å². The van der Waals surface area contributed by atoms with Crippen LogP contribution in [0.4, 0.5) is 0 Å². The number of aromatic nitrogens is 2. The Bertz CT molecular complexity index is 99.6. The monoisotopic (exact) mass is 178 g/mol. The summed E-state index contributed by atoms with van der Waals surface area (Å²) in [5, 5.41) is 33.8. The van der Waals surface area contributed by atoms with Gasteiger partial charge in [0.15, 0.2) is 0 Å². The Morgan fingerprint density at radius 3 is 1.64 bits per heavy atom. The zero-order valence-electron chi connectivity index (χ0n) is 5.66. The highest BCUT2D eigenvalue weighted by molar-refractivity contribution is 7.03. The van der Waals surface area contributed by atoms with Gasteiger partial charge in [-0.2, -0.15) is 0 Å². The van der Waals surface area contributed by atoms with Gasteiger partial charge in [0.2, 0.25) is 0 Å². The third-order valence-corrected chi connectivity index (χ3v) is 0.715. The van der Waals surface area contributed by atoms with Crippen LogP contribution in [0.15, 0.2) is 11.6 Å². The van der Waals surface area contributed by atoms with Crippen LogP contribution in [-0.2, 0) is 0 Å². The highest BCUT2D eigenvalue weighted by Gasteiger charge is 1.61. The molecule has 0 aromatic carbocycles. The minimum absolute atomic E-state index is 0.750. The summed E-state index contributed by atoms with van der Waals surface area (Å²) in [5.74, 6) is 0. The van der Waals surface area contributed by atoms with E-state index in [-0.39, 0.29) is 0 Å². The van der Waals surface area contributed by atoms with Gasteiger partial charge >= 0.3 is 15.4 Å². The number of hydrogen-bond donors (Lipinski definition) is 4. The summed E-state index contributed by atoms with van der Waals surface area (Å²) < 4.78 is 3.51. The number of hydrogen-bond acceptors (Lipinski definition) is 7. The van der Waals surface area contributed by atoms with E-state index in [1.165, 1.54) is 11.5 Å². The van der Waals surface area contributed by atoms with Crippen molar-refractivity contribution in [3.8, 4) is 0 Å². The van der Waals surface area contributed by atoms with Crippen molar-refractivity contribution < 1.29 is 20.1 Å². The Labute approximate surface area is 68.9 Å². The normalized spacial score (nSPS) is 6.18. The second-order valence-electron chi connectivity index (χ2n) is 0.871. The van der Waals surface area contributed by atoms with Gasteiger partial charge in [-0.3, -0.25) is 0 Å². The molecule has 1 aromatic heterocycles. The molecule has 0 spiro atoms. The summed E-state index contributed by atoms with van der Waals surface area (Å²) in [6, 6.07) is 0. The molecule has 1 rings (SSSR count). The maximum Gasteiger partial charge on any atom is 0.432 e. The van der Waals surface area contributed by atoms with Crippen molar-refractivity contribution in [3.05, 3.63) is 11.6 Å². The molecule has 62 valence electrons. The lowest BCUT2D eigenvalue weighted by Crippen LogP contribution is -1.75. The maximum absolute atomic E-state index is 7.12. The molecule has 0 fully saturated rings. The van der Waals surface area contributed by atoms with E-state index in [9.17, 15) is 0 Å². The van der Waals surface area contributed by atoms with Crippen molar-refractivity contribution >= 4 is 26.9 Å². The minimum Gasteiger partial charge on any atom is -0.430 e. The Hall–Kier alpha value is -0.470. The molecular formula is C2H8B2N2O4S. The second-order valence-corrected chi connectivity index (χ2v) is 1.52. The molecule has 0 saturated heterocycles. The lowest BCUT2D eigenvalue weighted by Gasteiger charge is -1.48. The molecule has 0 saturated carbocycles. The quantitative estimate of drug-likeness (QED) is 0.315. The molecule has 0 aliphatic rings. The second kappa shape index (κ2) is 16.3. The van der Waals surface area contributed by atoms with Crippen LogP contribution < -0.4 is 0 Å². The van der Waals surface area contributed by atoms with Crippen LogP contribution in [0.1, 0.15) is 0 Å². The summed E-state index contributed by atoms with van der Waals surface area (Å²) >= 11 is 1.35. The van der Waals surface area contributed by atoms with E-state index in [4.69, 9.17) is 20.1 Å². The molecular weight excluding hydrogens is 170 g/mol. The highest BCUT2D eigenvalue weighted by atomic mass is 32.1. The molecule has 0 radical (unpaired) electrons. The van der Waals surface area contributed by atoms with Crippen LogP contribution in [-0.4, -0.2) is 45.1 Å². The van der Waals surface area contributed by atoms with Gasteiger partial charge in [0.1, 0.15) is 0 Å². The van der Waals surface area contributed by atoms with Crippen LogP contribution in [0.5, 0.6) is 0 Å². The average Bonchev–Trinajstić information content (AvgIpc) is 2.44. The SMILES string of the molecule is OBO.OBO.c1csnn1. The van der Waals surface area contributed by atoms with Crippen molar-refractivity contribution in [2.45, 2.75) is 0 Å². The van der Waals surface area contributed by atoms with Crippen LogP contribution in [0.25, 0.3) is 0 Å². The predicted octanol–water partition coefficient (Wildman–Crippen LogP) is -2.99. The molecule has 0 aliphatic carbocycles. The molecule has 0 bridgehead atoms. The van der Waals surface area contributed by atoms with Crippen molar-refractivity contribution in [2.24, 2.45) is 0 Å². The summed E-state index contributed by atoms with van der Waals surface area (Å²) in [4.78, 5) is 0. The number of nitrogens with zero attached hydrogens (tertiary/aromatic N) is 2. The largest absolute Gasteiger partial charge is 0.432 e. The lowest BCUT2D eigenvalue weighted by molar-refractivity contribution is 0.447. The van der Waals surface area contributed by atoms with E-state index in [0.29, 0.717) is 0 Å². The van der Waals surface area contributed by atoms with Gasteiger partial charge in [-0.05, 0) is 11.5 Å². The van der Waals surface area contributed by atoms with Crippen molar-refractivity contribution in [1.29, 1.82) is 0 Å². The first-order valence-corrected chi connectivity index (χ1v) is 3.31. The van der Waals surface area contributed by atoms with E-state index >= 15 is 0 Å². The summed E-state index contributed by atoms with van der Waals surface area (Å²) in [6.07, 6.45) is 1.66. The summed E-state index contributed by atoms with van der Waals surface area (Å²) in [7, 11) is -1.50. The van der Waals surface area contributed by atoms with Gasteiger partial charge in [-0.25, -0.2) is 0 Å². The molecule has 9 heteroatoms. The zero-order valence-corrected chi connectivity index (χ0v) is 6.48. The standard InChI is InChI=1S/C2H2N2S.2BH3O2/c1-2-5-4-3-1;2*2-1-3/h1-2H;2*1-3H. The topological polar surface area (TPSA) is 107 Å². The third-order valence-electron chi connectivity index (χ3n) is 0.283. The van der Waals surface area contributed by atoms with Gasteiger partial charge in [-0.1, -0.05) is 4.49 Å². The minimum atomic E-state index is -0.750. The van der Waals surface area contributed by atoms with Gasteiger partial charge in [0.05, 0.1) is 6.20 Å². The van der Waals surface area contributed by atoms with E-state index in [2.05, 4.69) is 9.59 Å². The Morgan fingerprint density at radius 2 is 1.55 bits per heavy atom. The van der Waals surface area contributed by atoms with Crippen molar-refractivity contribution in [3.63, 3.8) is 0 Å². The molecule has 11 heavy (non-hydrogen) atoms. The molecule has 0 aliphatic heterocycles. The molecule has 1 heterocycles. The zero-order chi connectivity index (χ0) is 8.95. The van der Waals surface area contributed by atoms with Crippen LogP contribution >= 0.6 is 11.5 Å². The molecule has 1 aromatic rings. The van der Waals surface area contributed by atoms with Gasteiger partial charge < -0.3 is 20.1 Å². The average molecular weight is 178 g/mol. The third kappa shape index (κ3) is 26.3. The molecule has 4 N–H and O–H groups in total. The lowest BCUT2D eigenvalue weighted by atomic mass is 10.5. The van der Waals surface area contributed by atoms with Crippen LogP contribution in [0.3, 0.4) is 0 Å². The van der Waals surface area contributed by atoms with Gasteiger partial charge in [-0.15, -0.1) is 5.10 Å². The summed E-state index contributed by atoms with van der Waals surface area (Å²) in [5.41, 5.74) is 0. The molecule has 0 amide bonds. The van der Waals surface area contributed by atoms with Crippen molar-refractivity contribution in [1.82, 2.24) is 9.59 Å². The maximum atomic E-state index is 7.12. The number of rotatable bonds is 0.